The molecule has 3 N–H and O–H groups in total. The van der Waals surface area contributed by atoms with Crippen LogP contribution in [0.1, 0.15) is 25.7 Å². The van der Waals surface area contributed by atoms with E-state index in [2.05, 4.69) is 5.32 Å². The number of thioether (sulfide) groups is 1. The van der Waals surface area contributed by atoms with Gasteiger partial charge in [-0.1, -0.05) is 0 Å². The molecule has 0 aromatic heterocycles. The van der Waals surface area contributed by atoms with Crippen LogP contribution in [0.25, 0.3) is 0 Å². The van der Waals surface area contributed by atoms with E-state index in [1.165, 1.54) is 38.3 Å². The van der Waals surface area contributed by atoms with E-state index in [4.69, 9.17) is 5.73 Å². The van der Waals surface area contributed by atoms with E-state index >= 15 is 0 Å². The second-order valence-electron chi connectivity index (χ2n) is 4.47. The quantitative estimate of drug-likeness (QED) is 0.482. The molecule has 0 radical (unpaired) electrons. The number of hydrogen-bond acceptors (Lipinski definition) is 3. The molecule has 1 saturated heterocycles. The molecular formula is C13H19FN2S. The molecule has 1 fully saturated rings. The lowest BCUT2D eigenvalue weighted by Gasteiger charge is -2.09. The maximum absolute atomic E-state index is 13.2. The molecule has 1 aromatic carbocycles. The largest absolute Gasteiger partial charge is 0.396 e. The number of nitrogens with one attached hydrogen (secondary N) is 1. The number of benzene rings is 1. The highest BCUT2D eigenvalue weighted by Crippen LogP contribution is 2.23. The summed E-state index contributed by atoms with van der Waals surface area (Å²) in [5, 5.41) is 3.49. The van der Waals surface area contributed by atoms with E-state index in [0.717, 1.165) is 10.6 Å². The number of hydrogen-bond donors (Lipinski definition) is 2. The number of halogens is 1. The van der Waals surface area contributed by atoms with Crippen LogP contribution < -0.4 is 11.1 Å². The molecule has 0 spiro atoms. The van der Waals surface area contributed by atoms with E-state index in [-0.39, 0.29) is 11.5 Å². The SMILES string of the molecule is Nc1ccc(SCCCC2CCCN2)cc1F. The minimum absolute atomic E-state index is 0.226. The van der Waals surface area contributed by atoms with Crippen molar-refractivity contribution in [1.29, 1.82) is 0 Å². The van der Waals surface area contributed by atoms with Gasteiger partial charge in [-0.15, -0.1) is 11.8 Å². The van der Waals surface area contributed by atoms with Gasteiger partial charge in [-0.25, -0.2) is 4.39 Å². The van der Waals surface area contributed by atoms with E-state index in [9.17, 15) is 4.39 Å². The first-order valence-corrected chi connectivity index (χ1v) is 7.15. The van der Waals surface area contributed by atoms with Crippen LogP contribution in [0.3, 0.4) is 0 Å². The van der Waals surface area contributed by atoms with Gasteiger partial charge in [0.15, 0.2) is 0 Å². The van der Waals surface area contributed by atoms with Crippen LogP contribution in [0.5, 0.6) is 0 Å². The third kappa shape index (κ3) is 3.89. The topological polar surface area (TPSA) is 38.0 Å². The van der Waals surface area contributed by atoms with Gasteiger partial charge in [-0.05, 0) is 56.2 Å². The van der Waals surface area contributed by atoms with E-state index < -0.39 is 0 Å². The van der Waals surface area contributed by atoms with E-state index in [1.54, 1.807) is 17.8 Å². The van der Waals surface area contributed by atoms with Gasteiger partial charge >= 0.3 is 0 Å². The Balaban J connectivity index is 1.68. The first-order chi connectivity index (χ1) is 8.25. The normalized spacial score (nSPS) is 19.7. The van der Waals surface area contributed by atoms with Gasteiger partial charge in [0.1, 0.15) is 5.82 Å². The molecular weight excluding hydrogens is 235 g/mol. The van der Waals surface area contributed by atoms with Gasteiger partial charge in [-0.3, -0.25) is 0 Å². The molecule has 2 rings (SSSR count). The lowest BCUT2D eigenvalue weighted by molar-refractivity contribution is 0.553. The summed E-state index contributed by atoms with van der Waals surface area (Å²) in [4.78, 5) is 0.969. The zero-order valence-corrected chi connectivity index (χ0v) is 10.7. The van der Waals surface area contributed by atoms with Crippen molar-refractivity contribution < 1.29 is 4.39 Å². The van der Waals surface area contributed by atoms with Crippen molar-refractivity contribution in [3.63, 3.8) is 0 Å². The number of rotatable bonds is 5. The summed E-state index contributed by atoms with van der Waals surface area (Å²) in [6.45, 7) is 1.17. The number of nitrogen functional groups attached to an aromatic ring is 1. The average Bonchev–Trinajstić information content (AvgIpc) is 2.82. The molecule has 1 unspecified atom stereocenters. The number of anilines is 1. The molecule has 1 aromatic rings. The van der Waals surface area contributed by atoms with Crippen molar-refractivity contribution in [2.75, 3.05) is 18.0 Å². The van der Waals surface area contributed by atoms with Gasteiger partial charge in [-0.2, -0.15) is 0 Å². The highest BCUT2D eigenvalue weighted by atomic mass is 32.2. The van der Waals surface area contributed by atoms with Gasteiger partial charge in [0.25, 0.3) is 0 Å². The van der Waals surface area contributed by atoms with Gasteiger partial charge in [0, 0.05) is 10.9 Å². The Morgan fingerprint density at radius 3 is 3.06 bits per heavy atom. The minimum atomic E-state index is -0.313. The monoisotopic (exact) mass is 254 g/mol. The highest BCUT2D eigenvalue weighted by Gasteiger charge is 2.12. The maximum Gasteiger partial charge on any atom is 0.147 e. The fourth-order valence-electron chi connectivity index (χ4n) is 2.12. The smallest absolute Gasteiger partial charge is 0.147 e. The Labute approximate surface area is 106 Å². The van der Waals surface area contributed by atoms with Crippen molar-refractivity contribution >= 4 is 17.4 Å². The lowest BCUT2D eigenvalue weighted by atomic mass is 10.1. The summed E-state index contributed by atoms with van der Waals surface area (Å²) in [5.74, 6) is 0.731. The summed E-state index contributed by atoms with van der Waals surface area (Å²) in [7, 11) is 0. The second-order valence-corrected chi connectivity index (χ2v) is 5.64. The zero-order chi connectivity index (χ0) is 12.1. The van der Waals surface area contributed by atoms with E-state index in [0.29, 0.717) is 6.04 Å². The maximum atomic E-state index is 13.2. The molecule has 1 heterocycles. The molecule has 1 aliphatic rings. The third-order valence-corrected chi connectivity index (χ3v) is 4.18. The molecule has 2 nitrogen and oxygen atoms in total. The summed E-state index contributed by atoms with van der Waals surface area (Å²) in [6, 6.07) is 5.75. The standard InChI is InChI=1S/C13H19FN2S/c14-12-9-11(5-6-13(12)15)17-8-2-4-10-3-1-7-16-10/h5-6,9-10,16H,1-4,7-8,15H2. The van der Waals surface area contributed by atoms with Gasteiger partial charge < -0.3 is 11.1 Å². The Hall–Kier alpha value is -0.740. The van der Waals surface area contributed by atoms with Crippen LogP contribution in [0.4, 0.5) is 10.1 Å². The van der Waals surface area contributed by atoms with Crippen molar-refractivity contribution in [1.82, 2.24) is 5.32 Å². The first-order valence-electron chi connectivity index (χ1n) is 6.17. The molecule has 0 amide bonds. The Morgan fingerprint density at radius 2 is 2.35 bits per heavy atom. The summed E-state index contributed by atoms with van der Waals surface area (Å²) >= 11 is 1.70. The van der Waals surface area contributed by atoms with Crippen molar-refractivity contribution in [2.45, 2.75) is 36.6 Å². The van der Waals surface area contributed by atoms with Crippen molar-refractivity contribution in [3.05, 3.63) is 24.0 Å². The zero-order valence-electron chi connectivity index (χ0n) is 9.92. The predicted octanol–water partition coefficient (Wildman–Crippen LogP) is 3.03. The third-order valence-electron chi connectivity index (χ3n) is 3.10. The van der Waals surface area contributed by atoms with Crippen molar-refractivity contribution in [2.24, 2.45) is 0 Å². The lowest BCUT2D eigenvalue weighted by Crippen LogP contribution is -2.20. The Morgan fingerprint density at radius 1 is 1.47 bits per heavy atom. The molecule has 94 valence electrons. The fourth-order valence-corrected chi connectivity index (χ4v) is 3.02. The summed E-state index contributed by atoms with van der Waals surface area (Å²) in [6.07, 6.45) is 5.01. The molecule has 0 saturated carbocycles. The molecule has 17 heavy (non-hydrogen) atoms. The highest BCUT2D eigenvalue weighted by molar-refractivity contribution is 7.99. The van der Waals surface area contributed by atoms with Gasteiger partial charge in [0.05, 0.1) is 5.69 Å². The summed E-state index contributed by atoms with van der Waals surface area (Å²) < 4.78 is 13.2. The molecule has 1 atom stereocenters. The number of nitrogens with two attached hydrogens (primary N) is 1. The van der Waals surface area contributed by atoms with E-state index in [1.807, 2.05) is 6.07 Å². The van der Waals surface area contributed by atoms with Crippen LogP contribution in [0, 0.1) is 5.82 Å². The Kier molecular flexibility index (Phi) is 4.68. The van der Waals surface area contributed by atoms with Crippen LogP contribution in [-0.4, -0.2) is 18.3 Å². The second kappa shape index (κ2) is 6.26. The van der Waals surface area contributed by atoms with Gasteiger partial charge in [0.2, 0.25) is 0 Å². The summed E-state index contributed by atoms with van der Waals surface area (Å²) in [5.41, 5.74) is 5.66. The fraction of sp³-hybridized carbons (Fsp3) is 0.538. The predicted molar refractivity (Wildman–Crippen MR) is 71.8 cm³/mol. The van der Waals surface area contributed by atoms with Crippen LogP contribution >= 0.6 is 11.8 Å². The Bertz CT molecular complexity index is 364. The molecule has 4 heteroatoms. The first kappa shape index (κ1) is 12.7. The van der Waals surface area contributed by atoms with Crippen LogP contribution in [0.2, 0.25) is 0 Å². The average molecular weight is 254 g/mol. The van der Waals surface area contributed by atoms with Crippen molar-refractivity contribution in [3.8, 4) is 0 Å². The molecule has 0 bridgehead atoms. The van der Waals surface area contributed by atoms with Crippen LogP contribution in [-0.2, 0) is 0 Å². The molecule has 1 aliphatic heterocycles. The molecule has 0 aliphatic carbocycles. The minimum Gasteiger partial charge on any atom is -0.396 e. The van der Waals surface area contributed by atoms with Crippen LogP contribution in [0.15, 0.2) is 23.1 Å².